The molecule has 0 unspecified atom stereocenters. The van der Waals surface area contributed by atoms with Crippen molar-refractivity contribution >= 4 is 41.3 Å². The molecule has 25 heavy (non-hydrogen) atoms. The summed E-state index contributed by atoms with van der Waals surface area (Å²) in [6.45, 7) is 0.499. The lowest BCUT2D eigenvalue weighted by molar-refractivity contribution is 0.405. The highest BCUT2D eigenvalue weighted by molar-refractivity contribution is 14.0. The number of benzene rings is 2. The molecule has 0 spiro atoms. The zero-order chi connectivity index (χ0) is 17.5. The van der Waals surface area contributed by atoms with Crippen molar-refractivity contribution in [2.45, 2.75) is 6.54 Å². The molecule has 0 atom stereocenters. The summed E-state index contributed by atoms with van der Waals surface area (Å²) < 4.78 is 10.5. The molecule has 6 nitrogen and oxygen atoms in total. The van der Waals surface area contributed by atoms with Crippen LogP contribution in [0.3, 0.4) is 0 Å². The fraction of sp³-hybridized carbons (Fsp3) is 0.278. The number of methoxy groups -OCH3 is 2. The molecule has 0 saturated carbocycles. The van der Waals surface area contributed by atoms with Gasteiger partial charge in [0.1, 0.15) is 11.5 Å². The molecule has 0 heterocycles. The highest BCUT2D eigenvalue weighted by atomic mass is 127. The number of ether oxygens (including phenoxy) is 2. The lowest BCUT2D eigenvalue weighted by Gasteiger charge is -2.13. The Morgan fingerprint density at radius 3 is 2.32 bits per heavy atom. The lowest BCUT2D eigenvalue weighted by Crippen LogP contribution is -2.23. The van der Waals surface area contributed by atoms with Crippen molar-refractivity contribution in [3.63, 3.8) is 0 Å². The van der Waals surface area contributed by atoms with Crippen LogP contribution in [0.2, 0.25) is 0 Å². The Morgan fingerprint density at radius 1 is 1.08 bits per heavy atom. The molecule has 0 saturated heterocycles. The van der Waals surface area contributed by atoms with E-state index in [1.54, 1.807) is 14.2 Å². The summed E-state index contributed by atoms with van der Waals surface area (Å²) in [5, 5.41) is 3.05. The third-order valence-electron chi connectivity index (χ3n) is 3.55. The number of nitrogens with one attached hydrogen (secondary N) is 1. The first-order valence-electron chi connectivity index (χ1n) is 7.58. The quantitative estimate of drug-likeness (QED) is 0.397. The van der Waals surface area contributed by atoms with Crippen molar-refractivity contribution in [2.75, 3.05) is 38.5 Å². The summed E-state index contributed by atoms with van der Waals surface area (Å²) in [6, 6.07) is 13.6. The van der Waals surface area contributed by atoms with E-state index < -0.39 is 0 Å². The second kappa shape index (κ2) is 9.97. The summed E-state index contributed by atoms with van der Waals surface area (Å²) >= 11 is 0. The maximum Gasteiger partial charge on any atom is 0.193 e. The van der Waals surface area contributed by atoms with Gasteiger partial charge in [-0.2, -0.15) is 0 Å². The van der Waals surface area contributed by atoms with Gasteiger partial charge in [-0.15, -0.1) is 24.0 Å². The van der Waals surface area contributed by atoms with Gasteiger partial charge in [-0.1, -0.05) is 12.1 Å². The summed E-state index contributed by atoms with van der Waals surface area (Å²) in [5.74, 6) is 1.70. The molecule has 0 aromatic heterocycles. The molecule has 0 aliphatic rings. The van der Waals surface area contributed by atoms with E-state index in [2.05, 4.69) is 27.3 Å². The molecule has 136 valence electrons. The molecule has 0 fully saturated rings. The zero-order valence-electron chi connectivity index (χ0n) is 14.9. The molecule has 0 bridgehead atoms. The van der Waals surface area contributed by atoms with Crippen molar-refractivity contribution in [3.05, 3.63) is 48.0 Å². The van der Waals surface area contributed by atoms with Crippen molar-refractivity contribution < 1.29 is 9.47 Å². The number of aliphatic imine (C=N–C) groups is 1. The van der Waals surface area contributed by atoms with Gasteiger partial charge in [0.2, 0.25) is 0 Å². The second-order valence-corrected chi connectivity index (χ2v) is 5.45. The molecule has 0 aliphatic carbocycles. The van der Waals surface area contributed by atoms with Crippen LogP contribution in [0, 0.1) is 0 Å². The third-order valence-corrected chi connectivity index (χ3v) is 3.55. The highest BCUT2D eigenvalue weighted by Crippen LogP contribution is 2.28. The van der Waals surface area contributed by atoms with E-state index in [0.29, 0.717) is 29.7 Å². The van der Waals surface area contributed by atoms with Crippen LogP contribution in [-0.2, 0) is 6.54 Å². The van der Waals surface area contributed by atoms with E-state index >= 15 is 0 Å². The van der Waals surface area contributed by atoms with Crippen LogP contribution in [0.15, 0.2) is 47.5 Å². The maximum absolute atomic E-state index is 5.98. The number of nitrogens with two attached hydrogens (primary N) is 1. The summed E-state index contributed by atoms with van der Waals surface area (Å²) in [4.78, 5) is 6.42. The Balaban J connectivity index is 0.00000312. The highest BCUT2D eigenvalue weighted by Gasteiger charge is 2.06. The van der Waals surface area contributed by atoms with E-state index in [0.717, 1.165) is 11.3 Å². The maximum atomic E-state index is 5.98. The second-order valence-electron chi connectivity index (χ2n) is 5.45. The standard InChI is InChI=1S/C18H24N4O2.HI/c1-22(2)14-7-5-13(6-8-14)12-20-18(19)21-16-11-15(23-3)9-10-17(16)24-4;/h5-11H,12H2,1-4H3,(H3,19,20,21);1H. The van der Waals surface area contributed by atoms with Gasteiger partial charge in [-0.25, -0.2) is 4.99 Å². The van der Waals surface area contributed by atoms with Gasteiger partial charge in [0.15, 0.2) is 5.96 Å². The van der Waals surface area contributed by atoms with E-state index in [9.17, 15) is 0 Å². The molecular weight excluding hydrogens is 431 g/mol. The first-order chi connectivity index (χ1) is 11.5. The van der Waals surface area contributed by atoms with E-state index in [4.69, 9.17) is 15.2 Å². The predicted octanol–water partition coefficient (Wildman–Crippen LogP) is 3.31. The Bertz CT molecular complexity index is 703. The van der Waals surface area contributed by atoms with Crippen LogP contribution < -0.4 is 25.4 Å². The van der Waals surface area contributed by atoms with Crippen LogP contribution in [-0.4, -0.2) is 34.3 Å². The summed E-state index contributed by atoms with van der Waals surface area (Å²) in [6.07, 6.45) is 0. The molecule has 7 heteroatoms. The van der Waals surface area contributed by atoms with Gasteiger partial charge in [0.05, 0.1) is 26.5 Å². The van der Waals surface area contributed by atoms with Gasteiger partial charge in [-0.05, 0) is 29.8 Å². The van der Waals surface area contributed by atoms with Gasteiger partial charge in [-0.3, -0.25) is 0 Å². The first-order valence-corrected chi connectivity index (χ1v) is 7.58. The minimum atomic E-state index is 0. The van der Waals surface area contributed by atoms with Gasteiger partial charge in [0.25, 0.3) is 0 Å². The first kappa shape index (κ1) is 20.9. The smallest absolute Gasteiger partial charge is 0.193 e. The molecule has 2 rings (SSSR count). The predicted molar refractivity (Wildman–Crippen MR) is 115 cm³/mol. The van der Waals surface area contributed by atoms with Gasteiger partial charge in [0, 0.05) is 25.8 Å². The molecule has 2 aromatic carbocycles. The SMILES string of the molecule is COc1ccc(OC)c(NC(N)=NCc2ccc(N(C)C)cc2)c1.I. The van der Waals surface area contributed by atoms with E-state index in [1.165, 1.54) is 0 Å². The Hall–Kier alpha value is -2.16. The number of guanidine groups is 1. The Labute approximate surface area is 166 Å². The van der Waals surface area contributed by atoms with Crippen LogP contribution in [0.4, 0.5) is 11.4 Å². The fourth-order valence-corrected chi connectivity index (χ4v) is 2.17. The van der Waals surface area contributed by atoms with Gasteiger partial charge >= 0.3 is 0 Å². The normalized spacial score (nSPS) is 10.6. The number of hydrogen-bond donors (Lipinski definition) is 2. The average molecular weight is 456 g/mol. The van der Waals surface area contributed by atoms with Crippen LogP contribution >= 0.6 is 24.0 Å². The van der Waals surface area contributed by atoms with E-state index in [-0.39, 0.29) is 24.0 Å². The third kappa shape index (κ3) is 6.00. The number of rotatable bonds is 6. The van der Waals surface area contributed by atoms with Gasteiger partial charge < -0.3 is 25.4 Å². The van der Waals surface area contributed by atoms with Crippen LogP contribution in [0.1, 0.15) is 5.56 Å². The molecule has 0 radical (unpaired) electrons. The lowest BCUT2D eigenvalue weighted by atomic mass is 10.2. The average Bonchev–Trinajstić information content (AvgIpc) is 2.60. The largest absolute Gasteiger partial charge is 0.497 e. The number of nitrogens with zero attached hydrogens (tertiary/aromatic N) is 2. The van der Waals surface area contributed by atoms with Crippen LogP contribution in [0.25, 0.3) is 0 Å². The number of halogens is 1. The monoisotopic (exact) mass is 456 g/mol. The Kier molecular flexibility index (Phi) is 8.33. The molecular formula is C18H25IN4O2. The Morgan fingerprint density at radius 2 is 1.76 bits per heavy atom. The minimum Gasteiger partial charge on any atom is -0.497 e. The summed E-state index contributed by atoms with van der Waals surface area (Å²) in [7, 11) is 7.24. The van der Waals surface area contributed by atoms with Crippen molar-refractivity contribution in [2.24, 2.45) is 10.7 Å². The number of anilines is 2. The minimum absolute atomic E-state index is 0. The molecule has 3 N–H and O–H groups in total. The molecule has 2 aromatic rings. The number of hydrogen-bond acceptors (Lipinski definition) is 4. The topological polar surface area (TPSA) is 72.1 Å². The summed E-state index contributed by atoms with van der Waals surface area (Å²) in [5.41, 5.74) is 8.92. The molecule has 0 amide bonds. The van der Waals surface area contributed by atoms with E-state index in [1.807, 2.05) is 44.4 Å². The zero-order valence-corrected chi connectivity index (χ0v) is 17.3. The molecule has 0 aliphatic heterocycles. The fourth-order valence-electron chi connectivity index (χ4n) is 2.17. The van der Waals surface area contributed by atoms with Crippen LogP contribution in [0.5, 0.6) is 11.5 Å². The van der Waals surface area contributed by atoms with Crippen molar-refractivity contribution in [1.29, 1.82) is 0 Å². The van der Waals surface area contributed by atoms with Crippen molar-refractivity contribution in [1.82, 2.24) is 0 Å². The van der Waals surface area contributed by atoms with Crippen molar-refractivity contribution in [3.8, 4) is 11.5 Å².